The second kappa shape index (κ2) is 13.5. The number of aryl methyl sites for hydroxylation is 3. The number of carbonyl (C=O) groups excluding carboxylic acids is 1. The average Bonchev–Trinajstić information content (AvgIpc) is 3.61. The molecule has 2 aromatic carbocycles. The number of benzene rings is 2. The summed E-state index contributed by atoms with van der Waals surface area (Å²) >= 11 is 0. The van der Waals surface area contributed by atoms with E-state index in [2.05, 4.69) is 27.4 Å². The highest BCUT2D eigenvalue weighted by molar-refractivity contribution is 5.98. The van der Waals surface area contributed by atoms with Crippen LogP contribution in [0.3, 0.4) is 0 Å². The molecule has 236 valence electrons. The van der Waals surface area contributed by atoms with E-state index >= 15 is 0 Å². The highest BCUT2D eigenvalue weighted by Crippen LogP contribution is 2.36. The minimum atomic E-state index is -4.60. The Kier molecular flexibility index (Phi) is 9.95. The predicted octanol–water partition coefficient (Wildman–Crippen LogP) is 7.19. The molecule has 10 nitrogen and oxygen atoms in total. The standard InChI is InChI=1S/C31H36F3N5O5/c1-5-7-19-9-11-20(12-10-19)13-14-21-15-16-22(18-23(21)31(32,33)34)25-35-26(44-38-25)24-8-6-17-39(24)27(36-28(40)41)37-29(42)43-30(2,3)4/h9-12,15-16,18,24H,5-8,13-14,17H2,1-4H3,(H,40,41)(H,36,37,42). The fraction of sp³-hybridized carbons (Fsp3) is 0.452. The topological polar surface area (TPSA) is 130 Å². The Morgan fingerprint density at radius 2 is 1.77 bits per heavy atom. The van der Waals surface area contributed by atoms with Crippen LogP contribution in [-0.2, 0) is 30.2 Å². The third kappa shape index (κ3) is 8.57. The lowest BCUT2D eigenvalue weighted by Gasteiger charge is -2.26. The summed E-state index contributed by atoms with van der Waals surface area (Å²) in [6.07, 6.45) is -3.38. The van der Waals surface area contributed by atoms with E-state index in [1.165, 1.54) is 22.6 Å². The average molecular weight is 616 g/mol. The zero-order valence-electron chi connectivity index (χ0n) is 25.1. The van der Waals surface area contributed by atoms with Crippen molar-refractivity contribution in [1.29, 1.82) is 0 Å². The van der Waals surface area contributed by atoms with Gasteiger partial charge in [0.25, 0.3) is 0 Å². The van der Waals surface area contributed by atoms with Crippen molar-refractivity contribution in [1.82, 2.24) is 20.4 Å². The molecule has 1 saturated heterocycles. The number of rotatable bonds is 7. The van der Waals surface area contributed by atoms with Gasteiger partial charge in [0.05, 0.1) is 5.56 Å². The molecule has 1 unspecified atom stereocenters. The van der Waals surface area contributed by atoms with Gasteiger partial charge in [-0.15, -0.1) is 4.99 Å². The zero-order chi connectivity index (χ0) is 32.1. The number of hydrogen-bond donors (Lipinski definition) is 2. The van der Waals surface area contributed by atoms with Crippen molar-refractivity contribution < 1.29 is 37.1 Å². The normalized spacial score (nSPS) is 15.8. The molecule has 1 aliphatic heterocycles. The van der Waals surface area contributed by atoms with Gasteiger partial charge in [-0.25, -0.2) is 9.59 Å². The second-order valence-electron chi connectivity index (χ2n) is 11.6. The van der Waals surface area contributed by atoms with Crippen LogP contribution in [0.15, 0.2) is 52.0 Å². The third-order valence-corrected chi connectivity index (χ3v) is 6.98. The van der Waals surface area contributed by atoms with Crippen LogP contribution in [0.4, 0.5) is 22.8 Å². The lowest BCUT2D eigenvalue weighted by Crippen LogP contribution is -2.46. The van der Waals surface area contributed by atoms with E-state index < -0.39 is 35.6 Å². The van der Waals surface area contributed by atoms with Gasteiger partial charge < -0.3 is 19.3 Å². The van der Waals surface area contributed by atoms with Crippen LogP contribution in [0.5, 0.6) is 0 Å². The van der Waals surface area contributed by atoms with Gasteiger partial charge in [0.15, 0.2) is 0 Å². The lowest BCUT2D eigenvalue weighted by atomic mass is 9.96. The molecule has 1 fully saturated rings. The van der Waals surface area contributed by atoms with E-state index in [9.17, 15) is 27.9 Å². The first-order chi connectivity index (χ1) is 20.7. The number of nitrogens with one attached hydrogen (secondary N) is 1. The van der Waals surface area contributed by atoms with Crippen LogP contribution >= 0.6 is 0 Å². The maximum atomic E-state index is 14.1. The molecule has 44 heavy (non-hydrogen) atoms. The summed E-state index contributed by atoms with van der Waals surface area (Å²) in [5.41, 5.74) is 0.820. The highest BCUT2D eigenvalue weighted by atomic mass is 19.4. The van der Waals surface area contributed by atoms with Crippen molar-refractivity contribution in [3.05, 3.63) is 70.6 Å². The van der Waals surface area contributed by atoms with Crippen molar-refractivity contribution in [2.45, 2.75) is 84.0 Å². The zero-order valence-corrected chi connectivity index (χ0v) is 25.1. The van der Waals surface area contributed by atoms with Crippen LogP contribution in [0, 0.1) is 0 Å². The summed E-state index contributed by atoms with van der Waals surface area (Å²) in [5.74, 6) is -0.282. The number of alkyl carbamates (subject to hydrolysis) is 1. The Balaban J connectivity index is 1.54. The summed E-state index contributed by atoms with van der Waals surface area (Å²) in [7, 11) is 0. The Bertz CT molecular complexity index is 1500. The minimum absolute atomic E-state index is 0.0470. The van der Waals surface area contributed by atoms with Crippen LogP contribution in [0.2, 0.25) is 0 Å². The molecule has 13 heteroatoms. The maximum absolute atomic E-state index is 14.1. The summed E-state index contributed by atoms with van der Waals surface area (Å²) in [5, 5.41) is 15.6. The fourth-order valence-electron chi connectivity index (χ4n) is 5.05. The molecular weight excluding hydrogens is 579 g/mol. The quantitative estimate of drug-likeness (QED) is 0.211. The monoisotopic (exact) mass is 615 g/mol. The number of halogens is 3. The summed E-state index contributed by atoms with van der Waals surface area (Å²) in [4.78, 5) is 33.1. The number of ether oxygens (including phenoxy) is 1. The summed E-state index contributed by atoms with van der Waals surface area (Å²) in [6.45, 7) is 7.36. The van der Waals surface area contributed by atoms with Gasteiger partial charge in [-0.05, 0) is 75.6 Å². The van der Waals surface area contributed by atoms with Crippen molar-refractivity contribution in [3.8, 4) is 11.4 Å². The highest BCUT2D eigenvalue weighted by Gasteiger charge is 2.36. The molecule has 0 bridgehead atoms. The van der Waals surface area contributed by atoms with E-state index in [1.807, 2.05) is 24.3 Å². The molecule has 4 rings (SSSR count). The van der Waals surface area contributed by atoms with Gasteiger partial charge >= 0.3 is 18.4 Å². The number of aromatic nitrogens is 2. The Morgan fingerprint density at radius 1 is 1.09 bits per heavy atom. The van der Waals surface area contributed by atoms with Crippen molar-refractivity contribution in [2.24, 2.45) is 4.99 Å². The minimum Gasteiger partial charge on any atom is -0.463 e. The molecule has 3 aromatic rings. The van der Waals surface area contributed by atoms with E-state index in [-0.39, 0.29) is 35.2 Å². The molecule has 1 aliphatic rings. The van der Waals surface area contributed by atoms with Gasteiger partial charge in [0.2, 0.25) is 17.7 Å². The summed E-state index contributed by atoms with van der Waals surface area (Å²) < 4.78 is 53.1. The third-order valence-electron chi connectivity index (χ3n) is 6.98. The number of alkyl halides is 3. The smallest absolute Gasteiger partial charge is 0.434 e. The van der Waals surface area contributed by atoms with Gasteiger partial charge in [-0.2, -0.15) is 18.2 Å². The molecule has 0 saturated carbocycles. The Hall–Kier alpha value is -4.42. The van der Waals surface area contributed by atoms with Gasteiger partial charge in [0.1, 0.15) is 11.6 Å². The van der Waals surface area contributed by atoms with E-state index in [4.69, 9.17) is 9.26 Å². The Morgan fingerprint density at radius 3 is 2.39 bits per heavy atom. The molecule has 0 aliphatic carbocycles. The van der Waals surface area contributed by atoms with Crippen LogP contribution < -0.4 is 5.32 Å². The SMILES string of the molecule is CCCc1ccc(CCc2ccc(-c3noc(C4CCCN4C(=NC(=O)O)NC(=O)OC(C)(C)C)n3)cc2C(F)(F)F)cc1. The second-order valence-corrected chi connectivity index (χ2v) is 11.6. The largest absolute Gasteiger partial charge is 0.463 e. The van der Waals surface area contributed by atoms with E-state index in [0.717, 1.165) is 24.5 Å². The molecule has 2 N–H and O–H groups in total. The van der Waals surface area contributed by atoms with Gasteiger partial charge in [-0.3, -0.25) is 5.32 Å². The first-order valence-corrected chi connectivity index (χ1v) is 14.4. The Labute approximate surface area is 253 Å². The molecule has 0 radical (unpaired) electrons. The molecular formula is C31H36F3N5O5. The van der Waals surface area contributed by atoms with E-state index in [1.54, 1.807) is 20.8 Å². The molecule has 1 atom stereocenters. The molecule has 2 heterocycles. The first-order valence-electron chi connectivity index (χ1n) is 14.4. The number of carboxylic acid groups (broad SMARTS) is 1. The number of hydrogen-bond acceptors (Lipinski definition) is 6. The van der Waals surface area contributed by atoms with Crippen LogP contribution in [-0.4, -0.2) is 50.4 Å². The summed E-state index contributed by atoms with van der Waals surface area (Å²) in [6, 6.07) is 11.2. The first kappa shape index (κ1) is 32.5. The molecule has 2 amide bonds. The van der Waals surface area contributed by atoms with Crippen LogP contribution in [0.1, 0.15) is 81.1 Å². The number of amides is 2. The number of aliphatic imine (C=N–C) groups is 1. The van der Waals surface area contributed by atoms with E-state index in [0.29, 0.717) is 25.8 Å². The van der Waals surface area contributed by atoms with Crippen LogP contribution in [0.25, 0.3) is 11.4 Å². The maximum Gasteiger partial charge on any atom is 0.434 e. The van der Waals surface area contributed by atoms with Crippen molar-refractivity contribution in [3.63, 3.8) is 0 Å². The lowest BCUT2D eigenvalue weighted by molar-refractivity contribution is -0.138. The number of carbonyl (C=O) groups is 2. The fourth-order valence-corrected chi connectivity index (χ4v) is 5.05. The van der Waals surface area contributed by atoms with Crippen molar-refractivity contribution in [2.75, 3.05) is 6.54 Å². The predicted molar refractivity (Wildman–Crippen MR) is 156 cm³/mol. The van der Waals surface area contributed by atoms with Crippen molar-refractivity contribution >= 4 is 18.1 Å². The molecule has 1 aromatic heterocycles. The van der Waals surface area contributed by atoms with Gasteiger partial charge in [0, 0.05) is 12.1 Å². The molecule has 0 spiro atoms. The number of likely N-dealkylation sites (tertiary alicyclic amines) is 1. The number of guanidine groups is 1. The number of nitrogens with zero attached hydrogens (tertiary/aromatic N) is 4. The van der Waals surface area contributed by atoms with Gasteiger partial charge in [-0.1, -0.05) is 54.9 Å².